The Kier molecular flexibility index (Phi) is 4.86. The number of nitrogens with zero attached hydrogens (tertiary/aromatic N) is 2. The summed E-state index contributed by atoms with van der Waals surface area (Å²) in [6.45, 7) is -1.35. The van der Waals surface area contributed by atoms with Gasteiger partial charge in [0.05, 0.1) is 0 Å². The lowest BCUT2D eigenvalue weighted by Gasteiger charge is -2.15. The van der Waals surface area contributed by atoms with E-state index in [4.69, 9.17) is 5.73 Å². The van der Waals surface area contributed by atoms with Gasteiger partial charge in [0, 0.05) is 24.2 Å². The number of hydrogen-bond donors (Lipinski definition) is 1. The van der Waals surface area contributed by atoms with Crippen molar-refractivity contribution in [1.29, 1.82) is 0 Å². The van der Waals surface area contributed by atoms with Crippen LogP contribution in [0.15, 0.2) is 30.5 Å². The van der Waals surface area contributed by atoms with Gasteiger partial charge in [-0.3, -0.25) is 4.90 Å². The number of halogens is 2. The first-order valence-corrected chi connectivity index (χ1v) is 6.77. The molecule has 1 aromatic carbocycles. The first kappa shape index (κ1) is 14.7. The molecular weight excluding hydrogens is 284 g/mol. The van der Waals surface area contributed by atoms with Crippen molar-refractivity contribution < 1.29 is 13.5 Å². The molecule has 0 saturated carbocycles. The van der Waals surface area contributed by atoms with Crippen molar-refractivity contribution in [2.45, 2.75) is 19.7 Å². The van der Waals surface area contributed by atoms with Gasteiger partial charge in [0.1, 0.15) is 5.75 Å². The minimum Gasteiger partial charge on any atom is -0.435 e. The van der Waals surface area contributed by atoms with E-state index >= 15 is 0 Å². The van der Waals surface area contributed by atoms with Crippen LogP contribution in [-0.4, -0.2) is 23.5 Å². The molecule has 2 rings (SSSR count). The fraction of sp³-hybridized carbons (Fsp3) is 0.308. The van der Waals surface area contributed by atoms with E-state index in [1.54, 1.807) is 30.5 Å². The Morgan fingerprint density at radius 1 is 1.30 bits per heavy atom. The highest BCUT2D eigenvalue weighted by molar-refractivity contribution is 7.15. The van der Waals surface area contributed by atoms with Crippen LogP contribution in [0.4, 0.5) is 13.9 Å². The first-order chi connectivity index (χ1) is 9.52. The fourth-order valence-corrected chi connectivity index (χ4v) is 2.57. The number of anilines is 1. The van der Waals surface area contributed by atoms with Gasteiger partial charge in [-0.05, 0) is 24.7 Å². The zero-order chi connectivity index (χ0) is 14.5. The third kappa shape index (κ3) is 4.43. The Balaban J connectivity index is 1.89. The van der Waals surface area contributed by atoms with Crippen molar-refractivity contribution in [2.75, 3.05) is 12.8 Å². The summed E-state index contributed by atoms with van der Waals surface area (Å²) >= 11 is 1.46. The SMILES string of the molecule is CN(Cc1ccc(OC(F)F)cc1)Cc1cnc(N)s1. The van der Waals surface area contributed by atoms with Crippen LogP contribution in [0.2, 0.25) is 0 Å². The summed E-state index contributed by atoms with van der Waals surface area (Å²) in [5.41, 5.74) is 6.60. The minimum absolute atomic E-state index is 0.168. The summed E-state index contributed by atoms with van der Waals surface area (Å²) in [6, 6.07) is 6.63. The Morgan fingerprint density at radius 2 is 2.00 bits per heavy atom. The molecule has 4 nitrogen and oxygen atoms in total. The molecule has 0 fully saturated rings. The molecule has 0 unspecified atom stereocenters. The first-order valence-electron chi connectivity index (χ1n) is 5.95. The zero-order valence-electron chi connectivity index (χ0n) is 10.9. The van der Waals surface area contributed by atoms with E-state index in [2.05, 4.69) is 14.6 Å². The second-order valence-corrected chi connectivity index (χ2v) is 5.51. The minimum atomic E-state index is -2.79. The van der Waals surface area contributed by atoms with Crippen LogP contribution in [0.3, 0.4) is 0 Å². The zero-order valence-corrected chi connectivity index (χ0v) is 11.7. The van der Waals surface area contributed by atoms with Crippen molar-refractivity contribution in [3.05, 3.63) is 40.9 Å². The Morgan fingerprint density at radius 3 is 2.55 bits per heavy atom. The maximum atomic E-state index is 12.0. The molecule has 0 bridgehead atoms. The smallest absolute Gasteiger partial charge is 0.387 e. The van der Waals surface area contributed by atoms with Gasteiger partial charge in [-0.25, -0.2) is 4.98 Å². The molecule has 0 aliphatic heterocycles. The predicted molar refractivity (Wildman–Crippen MR) is 74.8 cm³/mol. The fourth-order valence-electron chi connectivity index (χ4n) is 1.81. The maximum Gasteiger partial charge on any atom is 0.387 e. The van der Waals surface area contributed by atoms with Crippen LogP contribution in [0, 0.1) is 0 Å². The van der Waals surface area contributed by atoms with Crippen molar-refractivity contribution in [2.24, 2.45) is 0 Å². The van der Waals surface area contributed by atoms with Gasteiger partial charge in [-0.1, -0.05) is 12.1 Å². The Bertz CT molecular complexity index is 545. The molecule has 1 aromatic heterocycles. The number of thiazole rings is 1. The predicted octanol–water partition coefficient (Wildman–Crippen LogP) is 2.96. The molecule has 0 aliphatic carbocycles. The summed E-state index contributed by atoms with van der Waals surface area (Å²) in [4.78, 5) is 7.18. The molecule has 2 aromatic rings. The quantitative estimate of drug-likeness (QED) is 0.891. The highest BCUT2D eigenvalue weighted by atomic mass is 32.1. The summed E-state index contributed by atoms with van der Waals surface area (Å²) in [5, 5.41) is 0.557. The third-order valence-electron chi connectivity index (χ3n) is 2.60. The number of ether oxygens (including phenoxy) is 1. The van der Waals surface area contributed by atoms with Crippen LogP contribution in [0.1, 0.15) is 10.4 Å². The number of aromatic nitrogens is 1. The number of nitrogen functional groups attached to an aromatic ring is 1. The molecule has 0 amide bonds. The van der Waals surface area contributed by atoms with Gasteiger partial charge in [-0.15, -0.1) is 11.3 Å². The second kappa shape index (κ2) is 6.62. The molecule has 0 atom stereocenters. The molecule has 0 aliphatic rings. The van der Waals surface area contributed by atoms with Gasteiger partial charge in [0.2, 0.25) is 0 Å². The Labute approximate surface area is 119 Å². The van der Waals surface area contributed by atoms with Crippen LogP contribution in [0.5, 0.6) is 5.75 Å². The molecule has 20 heavy (non-hydrogen) atoms. The van der Waals surface area contributed by atoms with Gasteiger partial charge in [-0.2, -0.15) is 8.78 Å². The van der Waals surface area contributed by atoms with Gasteiger partial charge >= 0.3 is 6.61 Å². The third-order valence-corrected chi connectivity index (χ3v) is 3.41. The van der Waals surface area contributed by atoms with Crippen LogP contribution < -0.4 is 10.5 Å². The van der Waals surface area contributed by atoms with E-state index in [1.165, 1.54) is 11.3 Å². The van der Waals surface area contributed by atoms with Crippen LogP contribution in [-0.2, 0) is 13.1 Å². The molecule has 1 heterocycles. The monoisotopic (exact) mass is 299 g/mol. The van der Waals surface area contributed by atoms with Crippen molar-refractivity contribution >= 4 is 16.5 Å². The van der Waals surface area contributed by atoms with Gasteiger partial charge < -0.3 is 10.5 Å². The molecule has 0 saturated heterocycles. The van der Waals surface area contributed by atoms with Crippen molar-refractivity contribution in [3.8, 4) is 5.75 Å². The normalized spacial score (nSPS) is 11.2. The molecule has 108 valence electrons. The average Bonchev–Trinajstić information content (AvgIpc) is 2.76. The average molecular weight is 299 g/mol. The summed E-state index contributed by atoms with van der Waals surface area (Å²) in [5.74, 6) is 0.168. The number of nitrogens with two attached hydrogens (primary N) is 1. The lowest BCUT2D eigenvalue weighted by Crippen LogP contribution is -2.16. The molecule has 7 heteroatoms. The van der Waals surface area contributed by atoms with E-state index < -0.39 is 6.61 Å². The topological polar surface area (TPSA) is 51.4 Å². The largest absolute Gasteiger partial charge is 0.435 e. The van der Waals surface area contributed by atoms with E-state index in [9.17, 15) is 8.78 Å². The Hall–Kier alpha value is -1.73. The lowest BCUT2D eigenvalue weighted by atomic mass is 10.2. The number of rotatable bonds is 6. The maximum absolute atomic E-state index is 12.0. The van der Waals surface area contributed by atoms with Gasteiger partial charge in [0.25, 0.3) is 0 Å². The molecule has 0 spiro atoms. The van der Waals surface area contributed by atoms with Crippen LogP contribution >= 0.6 is 11.3 Å². The van der Waals surface area contributed by atoms with Gasteiger partial charge in [0.15, 0.2) is 5.13 Å². The summed E-state index contributed by atoms with van der Waals surface area (Å²) in [6.07, 6.45) is 1.76. The summed E-state index contributed by atoms with van der Waals surface area (Å²) in [7, 11) is 1.97. The van der Waals surface area contributed by atoms with E-state index in [1.807, 2.05) is 7.05 Å². The highest BCUT2D eigenvalue weighted by Gasteiger charge is 2.06. The van der Waals surface area contributed by atoms with E-state index in [0.717, 1.165) is 17.0 Å². The summed E-state index contributed by atoms with van der Waals surface area (Å²) < 4.78 is 28.4. The highest BCUT2D eigenvalue weighted by Crippen LogP contribution is 2.18. The number of benzene rings is 1. The van der Waals surface area contributed by atoms with Crippen molar-refractivity contribution in [1.82, 2.24) is 9.88 Å². The van der Waals surface area contributed by atoms with Crippen LogP contribution in [0.25, 0.3) is 0 Å². The number of hydrogen-bond acceptors (Lipinski definition) is 5. The molecule has 0 radical (unpaired) electrons. The van der Waals surface area contributed by atoms with Crippen molar-refractivity contribution in [3.63, 3.8) is 0 Å². The number of alkyl halides is 2. The van der Waals surface area contributed by atoms with E-state index in [-0.39, 0.29) is 5.75 Å². The molecule has 2 N–H and O–H groups in total. The second-order valence-electron chi connectivity index (χ2n) is 4.36. The molecular formula is C13H15F2N3OS. The van der Waals surface area contributed by atoms with E-state index in [0.29, 0.717) is 11.7 Å². The lowest BCUT2D eigenvalue weighted by molar-refractivity contribution is -0.0498. The standard InChI is InChI=1S/C13H15F2N3OS/c1-18(8-11-6-17-13(16)20-11)7-9-2-4-10(5-3-9)19-12(14)15/h2-6,12H,7-8H2,1H3,(H2,16,17).